The highest BCUT2D eigenvalue weighted by molar-refractivity contribution is 5.85. The van der Waals surface area contributed by atoms with Gasteiger partial charge < -0.3 is 24.7 Å². The molecule has 0 saturated carbocycles. The van der Waals surface area contributed by atoms with E-state index in [1.165, 1.54) is 0 Å². The van der Waals surface area contributed by atoms with E-state index in [4.69, 9.17) is 9.47 Å². The molecule has 0 fully saturated rings. The lowest BCUT2D eigenvalue weighted by atomic mass is 10.1. The first-order valence-electron chi connectivity index (χ1n) is 7.07. The summed E-state index contributed by atoms with van der Waals surface area (Å²) in [5.74, 6) is -2.34. The lowest BCUT2D eigenvalue weighted by Gasteiger charge is -2.24. The number of amides is 1. The number of aliphatic carboxylic acids is 1. The molecule has 7 nitrogen and oxygen atoms in total. The fraction of sp³-hybridized carbons (Fsp3) is 0.438. The van der Waals surface area contributed by atoms with Gasteiger partial charge in [-0.3, -0.25) is 0 Å². The molecular weight excluding hydrogens is 302 g/mol. The molecule has 0 aliphatic rings. The molecule has 1 rings (SSSR count). The highest BCUT2D eigenvalue weighted by Gasteiger charge is 2.27. The van der Waals surface area contributed by atoms with Crippen molar-refractivity contribution in [3.63, 3.8) is 0 Å². The third-order valence-electron chi connectivity index (χ3n) is 2.57. The average molecular weight is 322 g/mol. The second kappa shape index (κ2) is 8.17. The molecule has 1 aromatic rings. The molecule has 1 aromatic carbocycles. The summed E-state index contributed by atoms with van der Waals surface area (Å²) in [7, 11) is 0. The van der Waals surface area contributed by atoms with E-state index in [9.17, 15) is 19.5 Å². The van der Waals surface area contributed by atoms with Crippen molar-refractivity contribution in [1.29, 1.82) is 0 Å². The van der Waals surface area contributed by atoms with E-state index in [1.807, 2.05) is 6.07 Å². The van der Waals surface area contributed by atoms with Gasteiger partial charge in [0.2, 0.25) is 0 Å². The minimum absolute atomic E-state index is 0.000959. The predicted molar refractivity (Wildman–Crippen MR) is 79.0 cm³/mol. The Kier molecular flexibility index (Phi) is 6.56. The first-order valence-corrected chi connectivity index (χ1v) is 7.07. The Morgan fingerprint density at radius 1 is 1.17 bits per heavy atom. The number of hydrogen-bond donors (Lipinski definition) is 1. The number of benzene rings is 1. The number of nitrogens with one attached hydrogen (secondary N) is 1. The first-order chi connectivity index (χ1) is 10.7. The van der Waals surface area contributed by atoms with Gasteiger partial charge in [-0.2, -0.15) is 0 Å². The van der Waals surface area contributed by atoms with Gasteiger partial charge >= 0.3 is 12.1 Å². The van der Waals surface area contributed by atoms with Crippen LogP contribution >= 0.6 is 0 Å². The number of hydrogen-bond acceptors (Lipinski definition) is 6. The van der Waals surface area contributed by atoms with E-state index in [1.54, 1.807) is 45.0 Å². The number of alkyl carbamates (subject to hydrolysis) is 1. The Hall–Kier alpha value is -2.57. The zero-order valence-corrected chi connectivity index (χ0v) is 13.3. The maximum Gasteiger partial charge on any atom is 0.408 e. The molecule has 0 heterocycles. The van der Waals surface area contributed by atoms with Gasteiger partial charge in [-0.1, -0.05) is 30.3 Å². The minimum Gasteiger partial charge on any atom is -0.550 e. The van der Waals surface area contributed by atoms with Crippen molar-refractivity contribution >= 4 is 18.0 Å². The Balaban J connectivity index is 2.60. The standard InChI is InChI=1S/C16H21NO6/c1-16(2,3)23-14(20)12(9-13(18)19)17-15(21)22-10-11-7-5-4-6-8-11/h4-8,12H,9-10H2,1-3H3,(H,17,21)(H,18,19)/p-1/t12-/m1/s1. The van der Waals surface area contributed by atoms with E-state index in [0.29, 0.717) is 0 Å². The maximum absolute atomic E-state index is 11.9. The van der Waals surface area contributed by atoms with Gasteiger partial charge in [0.05, 0.1) is 0 Å². The third kappa shape index (κ3) is 7.85. The van der Waals surface area contributed by atoms with Crippen LogP contribution in [0.3, 0.4) is 0 Å². The van der Waals surface area contributed by atoms with Crippen LogP contribution in [0.2, 0.25) is 0 Å². The van der Waals surface area contributed by atoms with Gasteiger partial charge in [0.25, 0.3) is 0 Å². The average Bonchev–Trinajstić information content (AvgIpc) is 2.43. The van der Waals surface area contributed by atoms with E-state index in [0.717, 1.165) is 5.56 Å². The van der Waals surface area contributed by atoms with Crippen LogP contribution in [0.1, 0.15) is 32.8 Å². The first kappa shape index (κ1) is 18.5. The van der Waals surface area contributed by atoms with Gasteiger partial charge in [-0.05, 0) is 26.3 Å². The molecule has 0 aliphatic carbocycles. The van der Waals surface area contributed by atoms with Crippen molar-refractivity contribution in [3.05, 3.63) is 35.9 Å². The highest BCUT2D eigenvalue weighted by Crippen LogP contribution is 2.10. The van der Waals surface area contributed by atoms with Crippen molar-refractivity contribution < 1.29 is 29.0 Å². The van der Waals surface area contributed by atoms with Crippen LogP contribution in [-0.2, 0) is 25.7 Å². The maximum atomic E-state index is 11.9. The van der Waals surface area contributed by atoms with Crippen molar-refractivity contribution in [1.82, 2.24) is 5.32 Å². The second-order valence-corrected chi connectivity index (χ2v) is 5.87. The zero-order chi connectivity index (χ0) is 17.5. The van der Waals surface area contributed by atoms with Crippen LogP contribution in [0.5, 0.6) is 0 Å². The number of carboxylic acid groups (broad SMARTS) is 1. The molecule has 0 spiro atoms. The summed E-state index contributed by atoms with van der Waals surface area (Å²) < 4.78 is 10.0. The molecule has 0 bridgehead atoms. The summed E-state index contributed by atoms with van der Waals surface area (Å²) in [5, 5.41) is 12.9. The predicted octanol–water partition coefficient (Wildman–Crippen LogP) is 0.763. The summed E-state index contributed by atoms with van der Waals surface area (Å²) in [6.07, 6.45) is -1.61. The molecule has 0 aliphatic heterocycles. The SMILES string of the molecule is CC(C)(C)OC(=O)[C@@H](CC(=O)[O-])NC(=O)OCc1ccccc1. The van der Waals surface area contributed by atoms with Gasteiger partial charge in [-0.15, -0.1) is 0 Å². The van der Waals surface area contributed by atoms with Crippen molar-refractivity contribution in [2.24, 2.45) is 0 Å². The monoisotopic (exact) mass is 322 g/mol. The lowest BCUT2D eigenvalue weighted by Crippen LogP contribution is -2.47. The quantitative estimate of drug-likeness (QED) is 0.775. The molecule has 23 heavy (non-hydrogen) atoms. The summed E-state index contributed by atoms with van der Waals surface area (Å²) in [4.78, 5) is 34.4. The fourth-order valence-electron chi connectivity index (χ4n) is 1.64. The largest absolute Gasteiger partial charge is 0.550 e. The summed E-state index contributed by atoms with van der Waals surface area (Å²) in [5.41, 5.74) is -0.0481. The third-order valence-corrected chi connectivity index (χ3v) is 2.57. The molecule has 1 amide bonds. The summed E-state index contributed by atoms with van der Waals surface area (Å²) in [6.45, 7) is 4.90. The minimum atomic E-state index is -1.48. The number of carbonyl (C=O) groups is 3. The van der Waals surface area contributed by atoms with E-state index >= 15 is 0 Å². The molecule has 0 unspecified atom stereocenters. The van der Waals surface area contributed by atoms with Gasteiger partial charge in [0.1, 0.15) is 18.2 Å². The highest BCUT2D eigenvalue weighted by atomic mass is 16.6. The van der Waals surface area contributed by atoms with Crippen LogP contribution in [-0.4, -0.2) is 29.7 Å². The molecule has 0 radical (unpaired) electrons. The molecule has 0 saturated heterocycles. The van der Waals surface area contributed by atoms with Crippen molar-refractivity contribution in [2.75, 3.05) is 0 Å². The number of carboxylic acids is 1. The molecular formula is C16H20NO6-. The van der Waals surface area contributed by atoms with E-state index in [-0.39, 0.29) is 6.61 Å². The number of esters is 1. The molecule has 1 N–H and O–H groups in total. The normalized spacial score (nSPS) is 12.1. The summed E-state index contributed by atoms with van der Waals surface area (Å²) >= 11 is 0. The van der Waals surface area contributed by atoms with Crippen LogP contribution < -0.4 is 10.4 Å². The number of rotatable bonds is 6. The summed E-state index contributed by atoms with van der Waals surface area (Å²) in [6, 6.07) is 7.55. The van der Waals surface area contributed by atoms with Crippen LogP contribution in [0.15, 0.2) is 30.3 Å². The van der Waals surface area contributed by atoms with Crippen LogP contribution in [0, 0.1) is 0 Å². The van der Waals surface area contributed by atoms with E-state index in [2.05, 4.69) is 5.32 Å². The van der Waals surface area contributed by atoms with Crippen LogP contribution in [0.25, 0.3) is 0 Å². The number of carbonyl (C=O) groups excluding carboxylic acids is 3. The lowest BCUT2D eigenvalue weighted by molar-refractivity contribution is -0.306. The van der Waals surface area contributed by atoms with Crippen molar-refractivity contribution in [2.45, 2.75) is 45.4 Å². The molecule has 0 aromatic heterocycles. The van der Waals surface area contributed by atoms with Gasteiger partial charge in [0.15, 0.2) is 0 Å². The second-order valence-electron chi connectivity index (χ2n) is 5.87. The zero-order valence-electron chi connectivity index (χ0n) is 13.3. The number of ether oxygens (including phenoxy) is 2. The Labute approximate surface area is 134 Å². The Morgan fingerprint density at radius 2 is 1.78 bits per heavy atom. The van der Waals surface area contributed by atoms with Crippen LogP contribution in [0.4, 0.5) is 4.79 Å². The Morgan fingerprint density at radius 3 is 2.30 bits per heavy atom. The van der Waals surface area contributed by atoms with Crippen molar-refractivity contribution in [3.8, 4) is 0 Å². The molecule has 126 valence electrons. The fourth-order valence-corrected chi connectivity index (χ4v) is 1.64. The van der Waals surface area contributed by atoms with Gasteiger partial charge in [-0.25, -0.2) is 9.59 Å². The topological polar surface area (TPSA) is 105 Å². The Bertz CT molecular complexity index is 549. The molecule has 1 atom stereocenters. The molecule has 7 heteroatoms. The van der Waals surface area contributed by atoms with E-state index < -0.39 is 36.1 Å². The van der Waals surface area contributed by atoms with Gasteiger partial charge in [0, 0.05) is 12.4 Å². The smallest absolute Gasteiger partial charge is 0.408 e.